The number of piperidine rings is 1. The van der Waals surface area contributed by atoms with E-state index in [1.165, 1.54) is 50.0 Å². The second-order valence-electron chi connectivity index (χ2n) is 5.25. The molecule has 1 aliphatic heterocycles. The lowest BCUT2D eigenvalue weighted by Gasteiger charge is -2.32. The molecular formula is C16H22N2. The van der Waals surface area contributed by atoms with Gasteiger partial charge in [0, 0.05) is 0 Å². The van der Waals surface area contributed by atoms with Crippen LogP contribution in [0.25, 0.3) is 0 Å². The first-order chi connectivity index (χ1) is 8.76. The lowest BCUT2D eigenvalue weighted by molar-refractivity contribution is 0.212. The number of hydrogen-bond acceptors (Lipinski definition) is 2. The topological polar surface area (TPSA) is 27.0 Å². The van der Waals surface area contributed by atoms with E-state index in [1.807, 2.05) is 12.1 Å². The highest BCUT2D eigenvalue weighted by atomic mass is 15.1. The van der Waals surface area contributed by atoms with Crippen molar-refractivity contribution in [3.63, 3.8) is 0 Å². The molecule has 18 heavy (non-hydrogen) atoms. The Morgan fingerprint density at radius 2 is 2.06 bits per heavy atom. The quantitative estimate of drug-likeness (QED) is 0.811. The summed E-state index contributed by atoms with van der Waals surface area (Å²) in [6, 6.07) is 8.45. The standard InChI is InChI=1S/C16H22N2/c1-3-9-18-10-7-14(8-11-18)16-6-4-5-15(12-17)13(16)2/h4-6,14H,3,7-11H2,1-2H3. The second kappa shape index (κ2) is 6.02. The molecule has 96 valence electrons. The number of rotatable bonds is 3. The highest BCUT2D eigenvalue weighted by molar-refractivity contribution is 5.43. The Morgan fingerprint density at radius 1 is 1.33 bits per heavy atom. The molecule has 1 saturated heterocycles. The van der Waals surface area contributed by atoms with Crippen molar-refractivity contribution in [3.05, 3.63) is 34.9 Å². The maximum Gasteiger partial charge on any atom is 0.0994 e. The van der Waals surface area contributed by atoms with Crippen LogP contribution in [-0.2, 0) is 0 Å². The first-order valence-corrected chi connectivity index (χ1v) is 6.98. The molecule has 1 aromatic rings. The molecule has 0 atom stereocenters. The third-order valence-electron chi connectivity index (χ3n) is 4.06. The first-order valence-electron chi connectivity index (χ1n) is 6.98. The third kappa shape index (κ3) is 2.73. The van der Waals surface area contributed by atoms with Crippen LogP contribution >= 0.6 is 0 Å². The van der Waals surface area contributed by atoms with Gasteiger partial charge in [-0.05, 0) is 68.9 Å². The summed E-state index contributed by atoms with van der Waals surface area (Å²) in [6.07, 6.45) is 3.71. The second-order valence-corrected chi connectivity index (χ2v) is 5.25. The Bertz CT molecular complexity index is 437. The van der Waals surface area contributed by atoms with Gasteiger partial charge < -0.3 is 4.90 Å². The molecular weight excluding hydrogens is 220 g/mol. The van der Waals surface area contributed by atoms with Crippen LogP contribution in [0.2, 0.25) is 0 Å². The maximum atomic E-state index is 9.10. The fourth-order valence-electron chi connectivity index (χ4n) is 3.00. The van der Waals surface area contributed by atoms with Crippen molar-refractivity contribution in [2.75, 3.05) is 19.6 Å². The molecule has 0 unspecified atom stereocenters. The summed E-state index contributed by atoms with van der Waals surface area (Å²) in [5.41, 5.74) is 3.42. The van der Waals surface area contributed by atoms with Crippen LogP contribution < -0.4 is 0 Å². The summed E-state index contributed by atoms with van der Waals surface area (Å²) in [6.45, 7) is 7.96. The summed E-state index contributed by atoms with van der Waals surface area (Å²) >= 11 is 0. The Morgan fingerprint density at radius 3 is 2.67 bits per heavy atom. The van der Waals surface area contributed by atoms with Crippen molar-refractivity contribution >= 4 is 0 Å². The van der Waals surface area contributed by atoms with Gasteiger partial charge in [-0.2, -0.15) is 5.26 Å². The normalized spacial score (nSPS) is 17.6. The summed E-state index contributed by atoms with van der Waals surface area (Å²) in [7, 11) is 0. The zero-order valence-electron chi connectivity index (χ0n) is 11.4. The summed E-state index contributed by atoms with van der Waals surface area (Å²) < 4.78 is 0. The van der Waals surface area contributed by atoms with E-state index in [2.05, 4.69) is 30.9 Å². The predicted octanol–water partition coefficient (Wildman–Crippen LogP) is 3.46. The number of nitriles is 1. The van der Waals surface area contributed by atoms with Crippen molar-refractivity contribution in [3.8, 4) is 6.07 Å². The van der Waals surface area contributed by atoms with Gasteiger partial charge >= 0.3 is 0 Å². The van der Waals surface area contributed by atoms with E-state index in [-0.39, 0.29) is 0 Å². The maximum absolute atomic E-state index is 9.10. The Labute approximate surface area is 110 Å². The van der Waals surface area contributed by atoms with E-state index in [9.17, 15) is 0 Å². The molecule has 1 aromatic carbocycles. The Hall–Kier alpha value is -1.33. The van der Waals surface area contributed by atoms with Crippen molar-refractivity contribution in [1.29, 1.82) is 5.26 Å². The molecule has 0 amide bonds. The minimum Gasteiger partial charge on any atom is -0.303 e. The highest BCUT2D eigenvalue weighted by Crippen LogP contribution is 2.31. The van der Waals surface area contributed by atoms with Crippen LogP contribution in [0.4, 0.5) is 0 Å². The van der Waals surface area contributed by atoms with Gasteiger partial charge in [-0.15, -0.1) is 0 Å². The lowest BCUT2D eigenvalue weighted by atomic mass is 9.85. The molecule has 1 fully saturated rings. The number of likely N-dealkylation sites (tertiary alicyclic amines) is 1. The van der Waals surface area contributed by atoms with Crippen LogP contribution in [0.5, 0.6) is 0 Å². The van der Waals surface area contributed by atoms with Crippen LogP contribution in [0.15, 0.2) is 18.2 Å². The lowest BCUT2D eigenvalue weighted by Crippen LogP contribution is -2.33. The predicted molar refractivity (Wildman–Crippen MR) is 74.6 cm³/mol. The Kier molecular flexibility index (Phi) is 4.38. The summed E-state index contributed by atoms with van der Waals surface area (Å²) in [5.74, 6) is 0.645. The van der Waals surface area contributed by atoms with E-state index in [1.54, 1.807) is 0 Å². The average Bonchev–Trinajstić information content (AvgIpc) is 2.41. The van der Waals surface area contributed by atoms with Gasteiger partial charge in [-0.25, -0.2) is 0 Å². The SMILES string of the molecule is CCCN1CCC(c2cccc(C#N)c2C)CC1. The molecule has 0 bridgehead atoms. The van der Waals surface area contributed by atoms with Crippen molar-refractivity contribution < 1.29 is 0 Å². The third-order valence-corrected chi connectivity index (χ3v) is 4.06. The molecule has 0 radical (unpaired) electrons. The molecule has 0 aliphatic carbocycles. The number of benzene rings is 1. The fourth-order valence-corrected chi connectivity index (χ4v) is 3.00. The van der Waals surface area contributed by atoms with E-state index in [0.717, 1.165) is 5.56 Å². The summed E-state index contributed by atoms with van der Waals surface area (Å²) in [4.78, 5) is 2.56. The van der Waals surface area contributed by atoms with Gasteiger partial charge in [-0.3, -0.25) is 0 Å². The van der Waals surface area contributed by atoms with E-state index < -0.39 is 0 Å². The zero-order chi connectivity index (χ0) is 13.0. The van der Waals surface area contributed by atoms with Gasteiger partial charge in [-0.1, -0.05) is 19.1 Å². The van der Waals surface area contributed by atoms with Gasteiger partial charge in [0.15, 0.2) is 0 Å². The Balaban J connectivity index is 2.08. The largest absolute Gasteiger partial charge is 0.303 e. The van der Waals surface area contributed by atoms with E-state index >= 15 is 0 Å². The summed E-state index contributed by atoms with van der Waals surface area (Å²) in [5, 5.41) is 9.10. The van der Waals surface area contributed by atoms with Crippen LogP contribution in [0, 0.1) is 18.3 Å². The van der Waals surface area contributed by atoms with Gasteiger partial charge in [0.1, 0.15) is 0 Å². The average molecular weight is 242 g/mol. The molecule has 1 aliphatic rings. The number of nitrogens with zero attached hydrogens (tertiary/aromatic N) is 2. The minimum atomic E-state index is 0.645. The molecule has 0 saturated carbocycles. The molecule has 2 rings (SSSR count). The monoisotopic (exact) mass is 242 g/mol. The van der Waals surface area contributed by atoms with Gasteiger partial charge in [0.2, 0.25) is 0 Å². The van der Waals surface area contributed by atoms with Gasteiger partial charge in [0.05, 0.1) is 11.6 Å². The fraction of sp³-hybridized carbons (Fsp3) is 0.562. The first kappa shape index (κ1) is 13.1. The molecule has 0 N–H and O–H groups in total. The molecule has 0 aromatic heterocycles. The molecule has 2 heteroatoms. The number of hydrogen-bond donors (Lipinski definition) is 0. The smallest absolute Gasteiger partial charge is 0.0994 e. The molecule has 0 spiro atoms. The minimum absolute atomic E-state index is 0.645. The highest BCUT2D eigenvalue weighted by Gasteiger charge is 2.21. The van der Waals surface area contributed by atoms with Crippen LogP contribution in [0.1, 0.15) is 48.8 Å². The van der Waals surface area contributed by atoms with Crippen LogP contribution in [0.3, 0.4) is 0 Å². The van der Waals surface area contributed by atoms with Crippen molar-refractivity contribution in [1.82, 2.24) is 4.90 Å². The van der Waals surface area contributed by atoms with Gasteiger partial charge in [0.25, 0.3) is 0 Å². The molecule has 2 nitrogen and oxygen atoms in total. The van der Waals surface area contributed by atoms with Crippen LogP contribution in [-0.4, -0.2) is 24.5 Å². The molecule has 1 heterocycles. The van der Waals surface area contributed by atoms with Crippen molar-refractivity contribution in [2.45, 2.75) is 39.0 Å². The van der Waals surface area contributed by atoms with E-state index in [0.29, 0.717) is 5.92 Å². The van der Waals surface area contributed by atoms with Crippen molar-refractivity contribution in [2.24, 2.45) is 0 Å². The van der Waals surface area contributed by atoms with E-state index in [4.69, 9.17) is 5.26 Å². The zero-order valence-corrected chi connectivity index (χ0v) is 11.4.